The number of hydrogen-bond acceptors (Lipinski definition) is 4. The molecule has 1 aromatic heterocycles. The quantitative estimate of drug-likeness (QED) is 0.882. The summed E-state index contributed by atoms with van der Waals surface area (Å²) in [5, 5.41) is 1.14. The number of benzene rings is 1. The lowest BCUT2D eigenvalue weighted by Crippen LogP contribution is -2.28. The zero-order valence-corrected chi connectivity index (χ0v) is 13.5. The van der Waals surface area contributed by atoms with Crippen LogP contribution in [0.15, 0.2) is 30.3 Å². The lowest BCUT2D eigenvalue weighted by molar-refractivity contribution is 0.321. The Morgan fingerprint density at radius 3 is 2.62 bits per heavy atom. The molecule has 1 heterocycles. The molecule has 1 saturated carbocycles. The molecule has 0 spiro atoms. The monoisotopic (exact) mass is 302 g/mol. The van der Waals surface area contributed by atoms with Crippen LogP contribution in [0.3, 0.4) is 0 Å². The van der Waals surface area contributed by atoms with E-state index in [-0.39, 0.29) is 5.54 Å². The smallest absolute Gasteiger partial charge is 0.119 e. The Morgan fingerprint density at radius 2 is 2.00 bits per heavy atom. The predicted molar refractivity (Wildman–Crippen MR) is 86.9 cm³/mol. The Morgan fingerprint density at radius 1 is 1.29 bits per heavy atom. The second kappa shape index (κ2) is 5.78. The normalized spacial score (nSPS) is 15.2. The highest BCUT2D eigenvalue weighted by atomic mass is 32.1. The van der Waals surface area contributed by atoms with Crippen molar-refractivity contribution in [2.75, 3.05) is 6.61 Å². The maximum atomic E-state index is 6.30. The molecule has 1 aliphatic carbocycles. The van der Waals surface area contributed by atoms with Crippen LogP contribution in [-0.4, -0.2) is 11.6 Å². The number of nitrogens with zero attached hydrogens (tertiary/aromatic N) is 1. The molecule has 0 aliphatic heterocycles. The van der Waals surface area contributed by atoms with Crippen molar-refractivity contribution in [2.24, 2.45) is 5.73 Å². The van der Waals surface area contributed by atoms with E-state index in [2.05, 4.69) is 13.8 Å². The van der Waals surface area contributed by atoms with Gasteiger partial charge in [0.2, 0.25) is 0 Å². The van der Waals surface area contributed by atoms with E-state index in [9.17, 15) is 0 Å². The molecule has 3 nitrogen and oxygen atoms in total. The van der Waals surface area contributed by atoms with Crippen LogP contribution in [-0.2, 0) is 12.0 Å². The fourth-order valence-electron chi connectivity index (χ4n) is 2.35. The average molecular weight is 302 g/mol. The van der Waals surface area contributed by atoms with Gasteiger partial charge >= 0.3 is 0 Å². The Kier molecular flexibility index (Phi) is 4.00. The van der Waals surface area contributed by atoms with Gasteiger partial charge in [-0.25, -0.2) is 4.98 Å². The van der Waals surface area contributed by atoms with Gasteiger partial charge in [-0.1, -0.05) is 18.2 Å². The minimum atomic E-state index is -0.297. The number of hydrogen-bond donors (Lipinski definition) is 1. The summed E-state index contributed by atoms with van der Waals surface area (Å²) in [6.07, 6.45) is 3.36. The van der Waals surface area contributed by atoms with Crippen LogP contribution in [0.2, 0.25) is 0 Å². The molecule has 0 saturated heterocycles. The third-order valence-electron chi connectivity index (χ3n) is 3.57. The lowest BCUT2D eigenvalue weighted by atomic mass is 10.0. The van der Waals surface area contributed by atoms with Crippen LogP contribution in [0.25, 0.3) is 0 Å². The molecule has 0 bridgehead atoms. The Labute approximate surface area is 130 Å². The summed E-state index contributed by atoms with van der Waals surface area (Å²) in [6.45, 7) is 4.79. The third-order valence-corrected chi connectivity index (χ3v) is 5.05. The van der Waals surface area contributed by atoms with Crippen LogP contribution >= 0.6 is 11.3 Å². The van der Waals surface area contributed by atoms with Crippen molar-refractivity contribution < 1.29 is 4.74 Å². The molecule has 2 N–H and O–H groups in total. The maximum Gasteiger partial charge on any atom is 0.119 e. The summed E-state index contributed by atoms with van der Waals surface area (Å²) in [6, 6.07) is 9.92. The Hall–Kier alpha value is -1.39. The van der Waals surface area contributed by atoms with Crippen molar-refractivity contribution in [2.45, 2.75) is 44.6 Å². The molecule has 1 fully saturated rings. The van der Waals surface area contributed by atoms with E-state index < -0.39 is 0 Å². The number of nitrogens with two attached hydrogens (primary N) is 1. The van der Waals surface area contributed by atoms with Crippen LogP contribution < -0.4 is 10.5 Å². The lowest BCUT2D eigenvalue weighted by Gasteiger charge is -2.17. The SMILES string of the molecule is CC(C)(N)c1sc(CCOc2ccccc2)nc1C1CC1. The van der Waals surface area contributed by atoms with Crippen molar-refractivity contribution in [3.63, 3.8) is 0 Å². The van der Waals surface area contributed by atoms with Crippen LogP contribution in [0.4, 0.5) is 0 Å². The van der Waals surface area contributed by atoms with Crippen molar-refractivity contribution in [1.82, 2.24) is 4.98 Å². The summed E-state index contributed by atoms with van der Waals surface area (Å²) in [4.78, 5) is 6.08. The number of aromatic nitrogens is 1. The van der Waals surface area contributed by atoms with Gasteiger partial charge in [-0.05, 0) is 38.8 Å². The molecular formula is C17H22N2OS. The number of rotatable bonds is 6. The van der Waals surface area contributed by atoms with E-state index in [1.54, 1.807) is 11.3 Å². The molecule has 3 rings (SSSR count). The maximum absolute atomic E-state index is 6.30. The van der Waals surface area contributed by atoms with Crippen LogP contribution in [0, 0.1) is 0 Å². The largest absolute Gasteiger partial charge is 0.493 e. The van der Waals surface area contributed by atoms with Crippen molar-refractivity contribution >= 4 is 11.3 Å². The molecule has 1 aromatic carbocycles. The summed E-state index contributed by atoms with van der Waals surface area (Å²) >= 11 is 1.75. The van der Waals surface area contributed by atoms with Crippen LogP contribution in [0.1, 0.15) is 48.2 Å². The highest BCUT2D eigenvalue weighted by Gasteiger charge is 2.33. The van der Waals surface area contributed by atoms with Gasteiger partial charge in [0.15, 0.2) is 0 Å². The van der Waals surface area contributed by atoms with Crippen LogP contribution in [0.5, 0.6) is 5.75 Å². The van der Waals surface area contributed by atoms with Gasteiger partial charge in [-0.3, -0.25) is 0 Å². The van der Waals surface area contributed by atoms with Gasteiger partial charge in [-0.2, -0.15) is 0 Å². The standard InChI is InChI=1S/C17H22N2OS/c1-17(2,18)16-15(12-8-9-12)19-14(21-16)10-11-20-13-6-4-3-5-7-13/h3-7,12H,8-11,18H2,1-2H3. The zero-order chi connectivity index (χ0) is 14.9. The number of para-hydroxylation sites is 1. The summed E-state index contributed by atoms with van der Waals surface area (Å²) < 4.78 is 5.76. The topological polar surface area (TPSA) is 48.1 Å². The van der Waals surface area contributed by atoms with E-state index in [4.69, 9.17) is 15.5 Å². The molecule has 2 aromatic rings. The fraction of sp³-hybridized carbons (Fsp3) is 0.471. The molecule has 1 aliphatic rings. The first kappa shape index (κ1) is 14.5. The molecule has 21 heavy (non-hydrogen) atoms. The highest BCUT2D eigenvalue weighted by Crippen LogP contribution is 2.45. The van der Waals surface area contributed by atoms with Gasteiger partial charge in [0.05, 0.1) is 17.3 Å². The highest BCUT2D eigenvalue weighted by molar-refractivity contribution is 7.11. The summed E-state index contributed by atoms with van der Waals surface area (Å²) in [5.41, 5.74) is 7.24. The summed E-state index contributed by atoms with van der Waals surface area (Å²) in [7, 11) is 0. The number of thiazole rings is 1. The zero-order valence-electron chi connectivity index (χ0n) is 12.6. The Bertz CT molecular complexity index is 597. The minimum Gasteiger partial charge on any atom is -0.493 e. The molecular weight excluding hydrogens is 280 g/mol. The predicted octanol–water partition coefficient (Wildman–Crippen LogP) is 3.84. The van der Waals surface area contributed by atoms with Gasteiger partial charge in [-0.15, -0.1) is 11.3 Å². The first-order chi connectivity index (χ1) is 10.0. The average Bonchev–Trinajstić information content (AvgIpc) is 3.19. The van der Waals surface area contributed by atoms with Gasteiger partial charge < -0.3 is 10.5 Å². The molecule has 112 valence electrons. The fourth-order valence-corrected chi connectivity index (χ4v) is 3.50. The molecule has 0 amide bonds. The second-order valence-electron chi connectivity index (χ2n) is 6.23. The first-order valence-electron chi connectivity index (χ1n) is 7.51. The van der Waals surface area contributed by atoms with E-state index in [1.807, 2.05) is 30.3 Å². The third kappa shape index (κ3) is 3.63. The molecule has 0 unspecified atom stereocenters. The first-order valence-corrected chi connectivity index (χ1v) is 8.32. The summed E-state index contributed by atoms with van der Waals surface area (Å²) in [5.74, 6) is 1.55. The van der Waals surface area contributed by atoms with E-state index in [1.165, 1.54) is 23.4 Å². The van der Waals surface area contributed by atoms with Crippen molar-refractivity contribution in [3.05, 3.63) is 45.9 Å². The van der Waals surface area contributed by atoms with E-state index >= 15 is 0 Å². The minimum absolute atomic E-state index is 0.297. The number of ether oxygens (including phenoxy) is 1. The van der Waals surface area contributed by atoms with Gasteiger partial charge in [0, 0.05) is 22.8 Å². The molecule has 4 heteroatoms. The second-order valence-corrected chi connectivity index (χ2v) is 7.31. The van der Waals surface area contributed by atoms with E-state index in [0.29, 0.717) is 12.5 Å². The van der Waals surface area contributed by atoms with E-state index in [0.717, 1.165) is 17.2 Å². The Balaban J connectivity index is 1.66. The molecule has 0 radical (unpaired) electrons. The van der Waals surface area contributed by atoms with Gasteiger partial charge in [0.1, 0.15) is 5.75 Å². The van der Waals surface area contributed by atoms with Gasteiger partial charge in [0.25, 0.3) is 0 Å². The van der Waals surface area contributed by atoms with Crippen molar-refractivity contribution in [3.8, 4) is 5.75 Å². The van der Waals surface area contributed by atoms with Crippen molar-refractivity contribution in [1.29, 1.82) is 0 Å². The molecule has 0 atom stereocenters.